The molecule has 0 radical (unpaired) electrons. The smallest absolute Gasteiger partial charge is 0.359 e. The quantitative estimate of drug-likeness (QED) is 0.818. The molecule has 0 spiro atoms. The van der Waals surface area contributed by atoms with Crippen LogP contribution in [0.2, 0.25) is 0 Å². The maximum Gasteiger partial charge on any atom is 0.359 e. The number of fused-ring (bicyclic) bond motifs is 1. The van der Waals surface area contributed by atoms with Crippen molar-refractivity contribution in [3.63, 3.8) is 0 Å². The molecule has 7 heteroatoms. The van der Waals surface area contributed by atoms with Gasteiger partial charge in [-0.25, -0.2) is 13.9 Å². The van der Waals surface area contributed by atoms with Crippen LogP contribution in [-0.4, -0.2) is 33.8 Å². The van der Waals surface area contributed by atoms with Crippen LogP contribution in [0.3, 0.4) is 0 Å². The van der Waals surface area contributed by atoms with Gasteiger partial charge in [0.1, 0.15) is 5.82 Å². The molecule has 2 aromatic rings. The zero-order valence-electron chi connectivity index (χ0n) is 15.8. The highest BCUT2D eigenvalue weighted by Crippen LogP contribution is 2.27. The molecule has 144 valence electrons. The van der Waals surface area contributed by atoms with Crippen molar-refractivity contribution in [1.82, 2.24) is 15.1 Å². The molecule has 0 bridgehead atoms. The minimum absolute atomic E-state index is 0.0379. The number of aromatic nitrogens is 2. The fraction of sp³-hybridized carbons (Fsp3) is 0.450. The summed E-state index contributed by atoms with van der Waals surface area (Å²) in [6, 6.07) is 5.95. The molecule has 0 saturated carbocycles. The molecule has 1 amide bonds. The number of ether oxygens (including phenoxy) is 1. The van der Waals surface area contributed by atoms with Gasteiger partial charge in [-0.2, -0.15) is 5.10 Å². The standard InChI is InChI=1S/C20H24FN3O3/c1-12(2)22-19(25)13(3)27-20(26)18-16-6-4-5-7-17(16)24(23-18)15-10-8-14(21)9-11-15/h8-13H,4-7H2,1-3H3,(H,22,25)/t13-/m1/s1. The van der Waals surface area contributed by atoms with E-state index in [-0.39, 0.29) is 23.5 Å². The molecule has 1 aromatic heterocycles. The highest BCUT2D eigenvalue weighted by molar-refractivity contribution is 5.92. The molecule has 1 atom stereocenters. The first-order chi connectivity index (χ1) is 12.9. The Kier molecular flexibility index (Phi) is 5.58. The molecule has 1 heterocycles. The van der Waals surface area contributed by atoms with Gasteiger partial charge in [-0.15, -0.1) is 0 Å². The summed E-state index contributed by atoms with van der Waals surface area (Å²) >= 11 is 0. The Labute approximate surface area is 157 Å². The number of carbonyl (C=O) groups excluding carboxylic acids is 2. The summed E-state index contributed by atoms with van der Waals surface area (Å²) in [5, 5.41) is 7.17. The van der Waals surface area contributed by atoms with E-state index < -0.39 is 12.1 Å². The van der Waals surface area contributed by atoms with E-state index in [0.29, 0.717) is 5.69 Å². The molecule has 1 aliphatic rings. The van der Waals surface area contributed by atoms with E-state index in [1.54, 1.807) is 23.7 Å². The third kappa shape index (κ3) is 4.18. The topological polar surface area (TPSA) is 73.2 Å². The number of hydrogen-bond acceptors (Lipinski definition) is 4. The molecule has 3 rings (SSSR count). The van der Waals surface area contributed by atoms with Gasteiger partial charge in [0.05, 0.1) is 5.69 Å². The maximum atomic E-state index is 13.2. The fourth-order valence-corrected chi connectivity index (χ4v) is 3.23. The van der Waals surface area contributed by atoms with E-state index in [9.17, 15) is 14.0 Å². The molecule has 1 aromatic carbocycles. The monoisotopic (exact) mass is 373 g/mol. The normalized spacial score (nSPS) is 14.6. The molecule has 0 aliphatic heterocycles. The minimum Gasteiger partial charge on any atom is -0.448 e. The van der Waals surface area contributed by atoms with E-state index in [1.807, 2.05) is 13.8 Å². The number of nitrogens with zero attached hydrogens (tertiary/aromatic N) is 2. The molecule has 0 fully saturated rings. The lowest BCUT2D eigenvalue weighted by molar-refractivity contribution is -0.129. The number of rotatable bonds is 5. The average Bonchev–Trinajstić information content (AvgIpc) is 3.01. The summed E-state index contributed by atoms with van der Waals surface area (Å²) in [4.78, 5) is 24.7. The molecule has 6 nitrogen and oxygen atoms in total. The van der Waals surface area contributed by atoms with Gasteiger partial charge < -0.3 is 10.1 Å². The number of hydrogen-bond donors (Lipinski definition) is 1. The predicted octanol–water partition coefficient (Wildman–Crippen LogP) is 2.96. The van der Waals surface area contributed by atoms with Crippen molar-refractivity contribution in [2.75, 3.05) is 0 Å². The van der Waals surface area contributed by atoms with Crippen molar-refractivity contribution in [1.29, 1.82) is 0 Å². The van der Waals surface area contributed by atoms with Gasteiger partial charge in [0.25, 0.3) is 5.91 Å². The Hall–Kier alpha value is -2.70. The Morgan fingerprint density at radius 3 is 2.48 bits per heavy atom. The highest BCUT2D eigenvalue weighted by atomic mass is 19.1. The van der Waals surface area contributed by atoms with Gasteiger partial charge in [-0.05, 0) is 70.7 Å². The van der Waals surface area contributed by atoms with E-state index in [2.05, 4.69) is 10.4 Å². The number of carbonyl (C=O) groups is 2. The summed E-state index contributed by atoms with van der Waals surface area (Å²) in [6.45, 7) is 5.22. The first-order valence-corrected chi connectivity index (χ1v) is 9.25. The Morgan fingerprint density at radius 2 is 1.81 bits per heavy atom. The van der Waals surface area contributed by atoms with Crippen molar-refractivity contribution in [2.45, 2.75) is 58.6 Å². The van der Waals surface area contributed by atoms with Crippen molar-refractivity contribution < 1.29 is 18.7 Å². The van der Waals surface area contributed by atoms with Gasteiger partial charge in [-0.1, -0.05) is 0 Å². The van der Waals surface area contributed by atoms with Crippen LogP contribution in [-0.2, 0) is 22.4 Å². The number of halogens is 1. The lowest BCUT2D eigenvalue weighted by Gasteiger charge is -2.16. The second-order valence-electron chi connectivity index (χ2n) is 7.08. The Balaban J connectivity index is 1.88. The zero-order chi connectivity index (χ0) is 19.6. The SMILES string of the molecule is CC(C)NC(=O)[C@@H](C)OC(=O)c1nn(-c2ccc(F)cc2)c2c1CCCC2. The number of amides is 1. The second kappa shape index (κ2) is 7.90. The maximum absolute atomic E-state index is 13.2. The first kappa shape index (κ1) is 19.1. The first-order valence-electron chi connectivity index (χ1n) is 9.25. The van der Waals surface area contributed by atoms with Gasteiger partial charge in [0.15, 0.2) is 11.8 Å². The zero-order valence-corrected chi connectivity index (χ0v) is 15.8. The number of esters is 1. The lowest BCUT2D eigenvalue weighted by atomic mass is 9.95. The highest BCUT2D eigenvalue weighted by Gasteiger charge is 2.28. The van der Waals surface area contributed by atoms with E-state index in [0.717, 1.165) is 36.9 Å². The number of nitrogens with one attached hydrogen (secondary N) is 1. The summed E-state index contributed by atoms with van der Waals surface area (Å²) in [7, 11) is 0. The van der Waals surface area contributed by atoms with Crippen molar-refractivity contribution in [2.24, 2.45) is 0 Å². The largest absolute Gasteiger partial charge is 0.448 e. The van der Waals surface area contributed by atoms with Crippen molar-refractivity contribution in [3.05, 3.63) is 47.0 Å². The molecule has 0 unspecified atom stereocenters. The average molecular weight is 373 g/mol. The van der Waals surface area contributed by atoms with Crippen LogP contribution in [0.1, 0.15) is 55.4 Å². The van der Waals surface area contributed by atoms with E-state index in [4.69, 9.17) is 4.74 Å². The van der Waals surface area contributed by atoms with Crippen LogP contribution in [0.5, 0.6) is 0 Å². The van der Waals surface area contributed by atoms with Gasteiger partial charge in [-0.3, -0.25) is 4.79 Å². The Bertz CT molecular complexity index is 843. The van der Waals surface area contributed by atoms with Crippen LogP contribution in [0, 0.1) is 5.82 Å². The molecule has 1 N–H and O–H groups in total. The molecular formula is C20H24FN3O3. The summed E-state index contributed by atoms with van der Waals surface area (Å²) in [5.74, 6) is -1.28. The fourth-order valence-electron chi connectivity index (χ4n) is 3.23. The van der Waals surface area contributed by atoms with Gasteiger partial charge >= 0.3 is 5.97 Å². The summed E-state index contributed by atoms with van der Waals surface area (Å²) in [5.41, 5.74) is 2.73. The third-order valence-electron chi connectivity index (χ3n) is 4.53. The third-order valence-corrected chi connectivity index (χ3v) is 4.53. The van der Waals surface area contributed by atoms with E-state index in [1.165, 1.54) is 12.1 Å². The second-order valence-corrected chi connectivity index (χ2v) is 7.08. The molecular weight excluding hydrogens is 349 g/mol. The summed E-state index contributed by atoms with van der Waals surface area (Å²) < 4.78 is 20.3. The predicted molar refractivity (Wildman–Crippen MR) is 98.3 cm³/mol. The van der Waals surface area contributed by atoms with Gasteiger partial charge in [0, 0.05) is 17.3 Å². The van der Waals surface area contributed by atoms with Crippen LogP contribution in [0.25, 0.3) is 5.69 Å². The molecule has 0 saturated heterocycles. The van der Waals surface area contributed by atoms with Gasteiger partial charge in [0.2, 0.25) is 0 Å². The minimum atomic E-state index is -0.907. The van der Waals surface area contributed by atoms with Crippen LogP contribution in [0.4, 0.5) is 4.39 Å². The van der Waals surface area contributed by atoms with E-state index >= 15 is 0 Å². The van der Waals surface area contributed by atoms with Crippen molar-refractivity contribution in [3.8, 4) is 5.69 Å². The van der Waals surface area contributed by atoms with Crippen molar-refractivity contribution >= 4 is 11.9 Å². The Morgan fingerprint density at radius 1 is 1.15 bits per heavy atom. The van der Waals surface area contributed by atoms with Crippen LogP contribution in [0.15, 0.2) is 24.3 Å². The van der Waals surface area contributed by atoms with Crippen LogP contribution < -0.4 is 5.32 Å². The summed E-state index contributed by atoms with van der Waals surface area (Å²) in [6.07, 6.45) is 2.58. The molecule has 27 heavy (non-hydrogen) atoms. The number of benzene rings is 1. The lowest BCUT2D eigenvalue weighted by Crippen LogP contribution is -2.39. The van der Waals surface area contributed by atoms with Crippen LogP contribution >= 0.6 is 0 Å². The molecule has 1 aliphatic carbocycles.